The zero-order chi connectivity index (χ0) is 19.3. The maximum absolute atomic E-state index is 12.6. The highest BCUT2D eigenvalue weighted by Crippen LogP contribution is 2.39. The third-order valence-electron chi connectivity index (χ3n) is 5.73. The van der Waals surface area contributed by atoms with Crippen LogP contribution in [0, 0.1) is 0 Å². The molecule has 28 heavy (non-hydrogen) atoms. The van der Waals surface area contributed by atoms with Gasteiger partial charge in [0.25, 0.3) is 0 Å². The fraction of sp³-hybridized carbons (Fsp3) is 0.375. The number of amides is 1. The van der Waals surface area contributed by atoms with Crippen LogP contribution in [0.5, 0.6) is 0 Å². The molecule has 0 radical (unpaired) electrons. The summed E-state index contributed by atoms with van der Waals surface area (Å²) in [5, 5.41) is 0.0610. The normalized spacial score (nSPS) is 20.0. The molecule has 1 unspecified atom stereocenters. The van der Waals surface area contributed by atoms with E-state index in [0.29, 0.717) is 0 Å². The molecule has 0 N–H and O–H groups in total. The van der Waals surface area contributed by atoms with E-state index in [0.717, 1.165) is 51.0 Å². The first kappa shape index (κ1) is 19.3. The Morgan fingerprint density at radius 1 is 1.04 bits per heavy atom. The molecule has 2 aromatic carbocycles. The first-order valence-corrected chi connectivity index (χ1v) is 11.1. The molecule has 146 valence electrons. The third kappa shape index (κ3) is 4.34. The van der Waals surface area contributed by atoms with Gasteiger partial charge in [0.05, 0.1) is 10.9 Å². The second-order valence-electron chi connectivity index (χ2n) is 7.61. The molecular weight excluding hydrogens is 364 g/mol. The van der Waals surface area contributed by atoms with Crippen LogP contribution in [0.2, 0.25) is 0 Å². The van der Waals surface area contributed by atoms with Crippen molar-refractivity contribution in [2.24, 2.45) is 0 Å². The number of anilines is 1. The Bertz CT molecular complexity index is 849. The SMILES string of the molecule is CN1C(=O)C(CCCCN2CC=C(c3ccccc3)CC2)Sc2ccccc21. The molecule has 4 heteroatoms. The summed E-state index contributed by atoms with van der Waals surface area (Å²) in [6.45, 7) is 3.29. The van der Waals surface area contributed by atoms with Gasteiger partial charge in [0.15, 0.2) is 0 Å². The molecule has 0 spiro atoms. The average molecular weight is 393 g/mol. The van der Waals surface area contributed by atoms with Crippen LogP contribution in [0.3, 0.4) is 0 Å². The van der Waals surface area contributed by atoms with Crippen molar-refractivity contribution in [3.05, 3.63) is 66.2 Å². The van der Waals surface area contributed by atoms with Gasteiger partial charge in [-0.2, -0.15) is 0 Å². The second-order valence-corrected chi connectivity index (χ2v) is 8.86. The molecule has 0 fully saturated rings. The zero-order valence-corrected chi connectivity index (χ0v) is 17.3. The minimum absolute atomic E-state index is 0.0610. The standard InChI is InChI=1S/C24H28N2OS/c1-25-21-11-5-6-12-22(21)28-23(24(25)27)13-7-8-16-26-17-14-20(15-18-26)19-9-3-2-4-10-19/h2-6,9-12,14,23H,7-8,13,15-18H2,1H3. The van der Waals surface area contributed by atoms with Crippen LogP contribution in [-0.4, -0.2) is 42.7 Å². The molecule has 0 aromatic heterocycles. The van der Waals surface area contributed by atoms with E-state index >= 15 is 0 Å². The summed E-state index contributed by atoms with van der Waals surface area (Å²) in [7, 11) is 1.90. The number of benzene rings is 2. The Labute approximate surface area is 172 Å². The fourth-order valence-corrected chi connectivity index (χ4v) is 5.38. The highest BCUT2D eigenvalue weighted by molar-refractivity contribution is 8.01. The minimum Gasteiger partial charge on any atom is -0.313 e. The molecule has 0 saturated heterocycles. The molecule has 2 aromatic rings. The second kappa shape index (κ2) is 8.97. The van der Waals surface area contributed by atoms with E-state index in [9.17, 15) is 4.79 Å². The Kier molecular flexibility index (Phi) is 6.18. The smallest absolute Gasteiger partial charge is 0.240 e. The number of rotatable bonds is 6. The van der Waals surface area contributed by atoms with Gasteiger partial charge in [0, 0.05) is 25.0 Å². The van der Waals surface area contributed by atoms with Crippen LogP contribution in [0.4, 0.5) is 5.69 Å². The van der Waals surface area contributed by atoms with Crippen molar-refractivity contribution < 1.29 is 4.79 Å². The molecule has 2 aliphatic rings. The molecule has 0 aliphatic carbocycles. The molecule has 2 aliphatic heterocycles. The Balaban J connectivity index is 1.23. The van der Waals surface area contributed by atoms with Gasteiger partial charge in [-0.1, -0.05) is 55.0 Å². The molecule has 1 amide bonds. The highest BCUT2D eigenvalue weighted by atomic mass is 32.2. The quantitative estimate of drug-likeness (QED) is 0.640. The largest absolute Gasteiger partial charge is 0.313 e. The summed E-state index contributed by atoms with van der Waals surface area (Å²) < 4.78 is 0. The summed E-state index contributed by atoms with van der Waals surface area (Å²) in [4.78, 5) is 18.2. The van der Waals surface area contributed by atoms with E-state index in [-0.39, 0.29) is 11.2 Å². The maximum atomic E-state index is 12.6. The van der Waals surface area contributed by atoms with E-state index in [4.69, 9.17) is 0 Å². The van der Waals surface area contributed by atoms with Crippen LogP contribution >= 0.6 is 11.8 Å². The predicted octanol–water partition coefficient (Wildman–Crippen LogP) is 5.08. The number of fused-ring (bicyclic) bond motifs is 1. The number of thioether (sulfide) groups is 1. The van der Waals surface area contributed by atoms with Gasteiger partial charge in [0.2, 0.25) is 5.91 Å². The summed E-state index contributed by atoms with van der Waals surface area (Å²) in [5.41, 5.74) is 3.88. The summed E-state index contributed by atoms with van der Waals surface area (Å²) in [6.07, 6.45) is 6.73. The van der Waals surface area contributed by atoms with Gasteiger partial charge in [0.1, 0.15) is 0 Å². The zero-order valence-electron chi connectivity index (χ0n) is 16.5. The molecule has 0 saturated carbocycles. The lowest BCUT2D eigenvalue weighted by atomic mass is 9.99. The first-order chi connectivity index (χ1) is 13.7. The van der Waals surface area contributed by atoms with Crippen molar-refractivity contribution in [1.29, 1.82) is 0 Å². The van der Waals surface area contributed by atoms with E-state index in [2.05, 4.69) is 53.4 Å². The van der Waals surface area contributed by atoms with Crippen LogP contribution in [-0.2, 0) is 4.79 Å². The lowest BCUT2D eigenvalue weighted by Gasteiger charge is -2.31. The number of carbonyl (C=O) groups excluding carboxylic acids is 1. The number of unbranched alkanes of at least 4 members (excludes halogenated alkanes) is 1. The minimum atomic E-state index is 0.0610. The number of hydrogen-bond donors (Lipinski definition) is 0. The maximum Gasteiger partial charge on any atom is 0.240 e. The van der Waals surface area contributed by atoms with Crippen molar-refractivity contribution in [2.45, 2.75) is 35.8 Å². The van der Waals surface area contributed by atoms with Crippen LogP contribution < -0.4 is 4.90 Å². The first-order valence-electron chi connectivity index (χ1n) is 10.2. The van der Waals surface area contributed by atoms with E-state index in [1.54, 1.807) is 11.8 Å². The molecule has 4 rings (SSSR count). The topological polar surface area (TPSA) is 23.6 Å². The highest BCUT2D eigenvalue weighted by Gasteiger charge is 2.30. The Hall–Kier alpha value is -2.04. The van der Waals surface area contributed by atoms with Crippen LogP contribution in [0.25, 0.3) is 5.57 Å². The van der Waals surface area contributed by atoms with E-state index < -0.39 is 0 Å². The van der Waals surface area contributed by atoms with Crippen molar-refractivity contribution >= 4 is 28.9 Å². The van der Waals surface area contributed by atoms with E-state index in [1.807, 2.05) is 24.1 Å². The summed E-state index contributed by atoms with van der Waals surface area (Å²) in [5.74, 6) is 0.247. The predicted molar refractivity (Wildman–Crippen MR) is 119 cm³/mol. The van der Waals surface area contributed by atoms with Crippen LogP contribution in [0.1, 0.15) is 31.2 Å². The lowest BCUT2D eigenvalue weighted by molar-refractivity contribution is -0.118. The molecule has 1 atom stereocenters. The van der Waals surface area contributed by atoms with Gasteiger partial charge in [-0.15, -0.1) is 11.8 Å². The molecule has 3 nitrogen and oxygen atoms in total. The van der Waals surface area contributed by atoms with Crippen molar-refractivity contribution in [3.8, 4) is 0 Å². The Morgan fingerprint density at radius 2 is 1.82 bits per heavy atom. The van der Waals surface area contributed by atoms with Crippen molar-refractivity contribution in [1.82, 2.24) is 4.90 Å². The van der Waals surface area contributed by atoms with Gasteiger partial charge >= 0.3 is 0 Å². The van der Waals surface area contributed by atoms with Crippen molar-refractivity contribution in [2.75, 3.05) is 31.6 Å². The summed E-state index contributed by atoms with van der Waals surface area (Å²) in [6, 6.07) is 18.9. The number of hydrogen-bond acceptors (Lipinski definition) is 3. The molecule has 0 bridgehead atoms. The third-order valence-corrected chi connectivity index (χ3v) is 7.05. The van der Waals surface area contributed by atoms with E-state index in [1.165, 1.54) is 16.0 Å². The molecular formula is C24H28N2OS. The number of para-hydroxylation sites is 1. The fourth-order valence-electron chi connectivity index (χ4n) is 4.05. The van der Waals surface area contributed by atoms with Gasteiger partial charge in [-0.3, -0.25) is 9.69 Å². The van der Waals surface area contributed by atoms with Crippen LogP contribution in [0.15, 0.2) is 65.6 Å². The van der Waals surface area contributed by atoms with Gasteiger partial charge in [-0.25, -0.2) is 0 Å². The number of carbonyl (C=O) groups is 1. The lowest BCUT2D eigenvalue weighted by Crippen LogP contribution is -2.38. The number of nitrogens with zero attached hydrogens (tertiary/aromatic N) is 2. The summed E-state index contributed by atoms with van der Waals surface area (Å²) >= 11 is 1.74. The monoisotopic (exact) mass is 392 g/mol. The average Bonchev–Trinajstić information content (AvgIpc) is 2.75. The Morgan fingerprint density at radius 3 is 2.61 bits per heavy atom. The van der Waals surface area contributed by atoms with Crippen molar-refractivity contribution in [3.63, 3.8) is 0 Å². The van der Waals surface area contributed by atoms with Gasteiger partial charge in [-0.05, 0) is 49.1 Å². The van der Waals surface area contributed by atoms with Gasteiger partial charge < -0.3 is 4.90 Å². The molecule has 2 heterocycles.